The van der Waals surface area contributed by atoms with Crippen molar-refractivity contribution in [1.29, 1.82) is 0 Å². The molecule has 2 unspecified atom stereocenters. The number of hydrogen-bond donors (Lipinski definition) is 2. The number of allylic oxidation sites excluding steroid dienone is 1. The zero-order chi connectivity index (χ0) is 34.4. The van der Waals surface area contributed by atoms with Crippen LogP contribution >= 0.6 is 0 Å². The van der Waals surface area contributed by atoms with Crippen LogP contribution in [0.5, 0.6) is 0 Å². The largest absolute Gasteiger partial charge is 0.464 e. The third-order valence-corrected chi connectivity index (χ3v) is 13.5. The summed E-state index contributed by atoms with van der Waals surface area (Å²) in [6.45, 7) is 25.1. The van der Waals surface area contributed by atoms with E-state index in [4.69, 9.17) is 21.7 Å². The molecule has 2 fully saturated rings. The van der Waals surface area contributed by atoms with E-state index in [0.717, 1.165) is 19.3 Å². The van der Waals surface area contributed by atoms with Crippen LogP contribution in [-0.4, -0.2) is 86.8 Å². The van der Waals surface area contributed by atoms with Gasteiger partial charge in [-0.1, -0.05) is 45.8 Å². The summed E-state index contributed by atoms with van der Waals surface area (Å²) in [6.07, 6.45) is 6.13. The standard InChI is InChI=1S/C33H56BN3O7Si/c1-12-15-16-17-18-19-23(35-30(41)43-31(4,5)6)28(39)37-24(20-25(26(37)34)44-45(10,11)32(7,8)9)27(38)36-33(21-22(33)13-2)29(40)42-14-3/h12-13,22-26H,1-2,14-21H2,3-11H3,(H,35,41)(H,36,38)/t22-,23+,24+,25?,26?,33-/m1/s1. The lowest BCUT2D eigenvalue weighted by atomic mass is 9.91. The minimum absolute atomic E-state index is 0.140. The number of nitrogens with zero attached hydrogens (tertiary/aromatic N) is 1. The Kier molecular flexibility index (Phi) is 13.1. The van der Waals surface area contributed by atoms with Crippen LogP contribution in [0.3, 0.4) is 0 Å². The third kappa shape index (κ3) is 9.94. The molecule has 2 radical (unpaired) electrons. The fourth-order valence-corrected chi connectivity index (χ4v) is 6.68. The van der Waals surface area contributed by atoms with E-state index in [1.807, 2.05) is 6.08 Å². The fourth-order valence-electron chi connectivity index (χ4n) is 5.33. The topological polar surface area (TPSA) is 123 Å². The van der Waals surface area contributed by atoms with Gasteiger partial charge in [0.15, 0.2) is 8.32 Å². The van der Waals surface area contributed by atoms with Crippen molar-refractivity contribution in [2.45, 2.75) is 147 Å². The minimum Gasteiger partial charge on any atom is -0.464 e. The summed E-state index contributed by atoms with van der Waals surface area (Å²) >= 11 is 0. The molecule has 252 valence electrons. The molecule has 1 heterocycles. The summed E-state index contributed by atoms with van der Waals surface area (Å²) < 4.78 is 17.4. The van der Waals surface area contributed by atoms with Crippen LogP contribution < -0.4 is 10.6 Å². The van der Waals surface area contributed by atoms with E-state index >= 15 is 0 Å². The number of alkyl carbamates (subject to hydrolysis) is 1. The van der Waals surface area contributed by atoms with Gasteiger partial charge in [-0.05, 0) is 71.5 Å². The Labute approximate surface area is 273 Å². The highest BCUT2D eigenvalue weighted by Crippen LogP contribution is 2.46. The zero-order valence-electron chi connectivity index (χ0n) is 29.0. The second kappa shape index (κ2) is 15.3. The van der Waals surface area contributed by atoms with Gasteiger partial charge < -0.3 is 29.4 Å². The Bertz CT molecular complexity index is 1100. The average Bonchev–Trinajstić information content (AvgIpc) is 3.54. The maximum atomic E-state index is 14.4. The lowest BCUT2D eigenvalue weighted by molar-refractivity contribution is -0.150. The lowest BCUT2D eigenvalue weighted by Crippen LogP contribution is -2.59. The van der Waals surface area contributed by atoms with Gasteiger partial charge in [0.05, 0.1) is 12.7 Å². The van der Waals surface area contributed by atoms with E-state index in [0.29, 0.717) is 19.3 Å². The second-order valence-corrected chi connectivity index (χ2v) is 19.5. The SMILES string of the molecule is [B]C1C(O[Si](C)(C)C(C)(C)C)C[C@@H](C(=O)N[C@]2(C(=O)OCC)C[C@H]2C=C)N1C(=O)[C@H](CCCCCC=C)NC(=O)OC(C)(C)C. The molecule has 0 aromatic carbocycles. The van der Waals surface area contributed by atoms with Crippen molar-refractivity contribution in [2.24, 2.45) is 5.92 Å². The first-order valence-electron chi connectivity index (χ1n) is 16.2. The molecule has 1 aliphatic carbocycles. The Morgan fingerprint density at radius 2 is 1.73 bits per heavy atom. The van der Waals surface area contributed by atoms with E-state index in [-0.39, 0.29) is 24.0 Å². The van der Waals surface area contributed by atoms with Crippen LogP contribution in [0.2, 0.25) is 18.1 Å². The molecule has 1 saturated carbocycles. The molecule has 6 atom stereocenters. The average molecular weight is 646 g/mol. The minimum atomic E-state index is -2.37. The van der Waals surface area contributed by atoms with Gasteiger partial charge in [0.2, 0.25) is 11.8 Å². The highest BCUT2D eigenvalue weighted by molar-refractivity contribution is 6.74. The van der Waals surface area contributed by atoms with Gasteiger partial charge in [-0.25, -0.2) is 9.59 Å². The van der Waals surface area contributed by atoms with Crippen LogP contribution in [0.15, 0.2) is 25.3 Å². The smallest absolute Gasteiger partial charge is 0.408 e. The van der Waals surface area contributed by atoms with Gasteiger partial charge in [-0.3, -0.25) is 9.59 Å². The van der Waals surface area contributed by atoms with Crippen molar-refractivity contribution >= 4 is 40.0 Å². The number of nitrogens with one attached hydrogen (secondary N) is 2. The summed E-state index contributed by atoms with van der Waals surface area (Å²) in [5.74, 6) is -2.82. The first kappa shape index (κ1) is 38.6. The number of amides is 3. The molecule has 1 saturated heterocycles. The summed E-state index contributed by atoms with van der Waals surface area (Å²) in [6, 6.07) is -2.03. The molecule has 0 spiro atoms. The number of esters is 1. The first-order valence-corrected chi connectivity index (χ1v) is 19.1. The quantitative estimate of drug-likeness (QED) is 0.110. The number of hydrogen-bond acceptors (Lipinski definition) is 7. The van der Waals surface area contributed by atoms with Crippen LogP contribution in [-0.2, 0) is 28.3 Å². The van der Waals surface area contributed by atoms with E-state index < -0.39 is 67.5 Å². The molecule has 1 aliphatic heterocycles. The van der Waals surface area contributed by atoms with Crippen molar-refractivity contribution in [3.05, 3.63) is 25.3 Å². The van der Waals surface area contributed by atoms with Crippen LogP contribution in [0, 0.1) is 5.92 Å². The van der Waals surface area contributed by atoms with Crippen molar-refractivity contribution in [3.8, 4) is 0 Å². The van der Waals surface area contributed by atoms with Crippen LogP contribution in [0.1, 0.15) is 93.4 Å². The van der Waals surface area contributed by atoms with Gasteiger partial charge in [0.1, 0.15) is 31.1 Å². The van der Waals surface area contributed by atoms with E-state index in [1.165, 1.54) is 4.90 Å². The predicted molar refractivity (Wildman–Crippen MR) is 179 cm³/mol. The van der Waals surface area contributed by atoms with Crippen molar-refractivity contribution in [3.63, 3.8) is 0 Å². The number of ether oxygens (including phenoxy) is 2. The summed E-state index contributed by atoms with van der Waals surface area (Å²) in [5, 5.41) is 5.49. The number of rotatable bonds is 15. The first-order chi connectivity index (χ1) is 20.7. The molecule has 2 rings (SSSR count). The molecule has 12 heteroatoms. The van der Waals surface area contributed by atoms with Crippen molar-refractivity contribution < 1.29 is 33.1 Å². The Morgan fingerprint density at radius 3 is 2.24 bits per heavy atom. The van der Waals surface area contributed by atoms with Gasteiger partial charge in [-0.2, -0.15) is 0 Å². The zero-order valence-corrected chi connectivity index (χ0v) is 30.0. The molecule has 45 heavy (non-hydrogen) atoms. The normalized spacial score (nSPS) is 25.6. The molecule has 0 aromatic heterocycles. The van der Waals surface area contributed by atoms with Crippen LogP contribution in [0.25, 0.3) is 0 Å². The van der Waals surface area contributed by atoms with E-state index in [1.54, 1.807) is 33.8 Å². The Morgan fingerprint density at radius 1 is 1.09 bits per heavy atom. The predicted octanol–water partition coefficient (Wildman–Crippen LogP) is 5.13. The molecule has 0 aromatic rings. The van der Waals surface area contributed by atoms with Gasteiger partial charge >= 0.3 is 12.1 Å². The molecule has 2 N–H and O–H groups in total. The Balaban J connectivity index is 2.45. The van der Waals surface area contributed by atoms with Gasteiger partial charge in [0.25, 0.3) is 0 Å². The molecule has 3 amide bonds. The maximum Gasteiger partial charge on any atom is 0.408 e. The highest BCUT2D eigenvalue weighted by Gasteiger charge is 2.62. The lowest BCUT2D eigenvalue weighted by Gasteiger charge is -2.40. The third-order valence-electron chi connectivity index (χ3n) is 8.98. The molecule has 10 nitrogen and oxygen atoms in total. The van der Waals surface area contributed by atoms with E-state index in [2.05, 4.69) is 57.7 Å². The monoisotopic (exact) mass is 645 g/mol. The number of carbonyl (C=O) groups is 4. The molecule has 0 bridgehead atoms. The summed E-state index contributed by atoms with van der Waals surface area (Å²) in [4.78, 5) is 55.6. The highest BCUT2D eigenvalue weighted by atomic mass is 28.4. The molecule has 2 aliphatic rings. The van der Waals surface area contributed by atoms with Gasteiger partial charge in [-0.15, -0.1) is 13.2 Å². The number of carbonyl (C=O) groups excluding carboxylic acids is 4. The van der Waals surface area contributed by atoms with Gasteiger partial charge in [0, 0.05) is 18.3 Å². The molecular formula is C33H56BN3O7Si. The summed E-state index contributed by atoms with van der Waals surface area (Å²) in [5.41, 5.74) is -2.02. The summed E-state index contributed by atoms with van der Waals surface area (Å²) in [7, 11) is 4.40. The maximum absolute atomic E-state index is 14.4. The number of likely N-dealkylation sites (tertiary alicyclic amines) is 1. The van der Waals surface area contributed by atoms with Crippen LogP contribution in [0.4, 0.5) is 4.79 Å². The fraction of sp³-hybridized carbons (Fsp3) is 0.758. The van der Waals surface area contributed by atoms with Crippen molar-refractivity contribution in [2.75, 3.05) is 6.61 Å². The second-order valence-electron chi connectivity index (χ2n) is 14.8. The molecular weight excluding hydrogens is 589 g/mol. The Hall–Kier alpha value is -2.60. The van der Waals surface area contributed by atoms with Crippen molar-refractivity contribution in [1.82, 2.24) is 15.5 Å². The number of unbranched alkanes of at least 4 members (excludes halogenated alkanes) is 3. The van der Waals surface area contributed by atoms with E-state index in [9.17, 15) is 19.2 Å².